The van der Waals surface area contributed by atoms with Crippen LogP contribution in [0.2, 0.25) is 0 Å². The van der Waals surface area contributed by atoms with Crippen molar-refractivity contribution in [1.29, 1.82) is 0 Å². The summed E-state index contributed by atoms with van der Waals surface area (Å²) in [5, 5.41) is 9.19. The summed E-state index contributed by atoms with van der Waals surface area (Å²) in [6.07, 6.45) is -0.285. The van der Waals surface area contributed by atoms with E-state index in [0.29, 0.717) is 37.6 Å². The number of nitrogens with zero attached hydrogens (tertiary/aromatic N) is 1. The van der Waals surface area contributed by atoms with Crippen molar-refractivity contribution < 1.29 is 18.3 Å². The molecule has 0 saturated carbocycles. The normalized spacial score (nSPS) is 19.7. The minimum absolute atomic E-state index is 0.0776. The van der Waals surface area contributed by atoms with Gasteiger partial charge in [0.25, 0.3) is 0 Å². The summed E-state index contributed by atoms with van der Waals surface area (Å²) in [6.45, 7) is 3.52. The van der Waals surface area contributed by atoms with Crippen molar-refractivity contribution in [3.8, 4) is 0 Å². The quantitative estimate of drug-likeness (QED) is 0.648. The van der Waals surface area contributed by atoms with Gasteiger partial charge in [-0.05, 0) is 18.2 Å². The fourth-order valence-corrected chi connectivity index (χ4v) is 3.35. The Balaban J connectivity index is 2.31. The number of hydrogen-bond donors (Lipinski definition) is 3. The van der Waals surface area contributed by atoms with E-state index in [1.165, 1.54) is 6.07 Å². The topological polar surface area (TPSA) is 105 Å². The standard InChI is InChI=1S/C13H21N3O4S/c1-2-15-21(18,19)11-3-4-12(14)13(7-11)16-5-6-20-10(8-16)9-17/h3-4,7,10,15,17H,2,5-6,8-9,14H2,1H3. The summed E-state index contributed by atoms with van der Waals surface area (Å²) in [5.74, 6) is 0. The molecule has 0 aliphatic carbocycles. The van der Waals surface area contributed by atoms with Crippen LogP contribution in [0.15, 0.2) is 23.1 Å². The lowest BCUT2D eigenvalue weighted by molar-refractivity contribution is 0.00359. The summed E-state index contributed by atoms with van der Waals surface area (Å²) < 4.78 is 32.0. The minimum atomic E-state index is -3.52. The van der Waals surface area contributed by atoms with Crippen molar-refractivity contribution in [3.05, 3.63) is 18.2 Å². The first kappa shape index (κ1) is 16.0. The third-order valence-corrected chi connectivity index (χ3v) is 4.87. The zero-order valence-electron chi connectivity index (χ0n) is 11.9. The number of aliphatic hydroxyl groups is 1. The maximum Gasteiger partial charge on any atom is 0.240 e. The third kappa shape index (κ3) is 3.65. The highest BCUT2D eigenvalue weighted by atomic mass is 32.2. The number of rotatable bonds is 5. The molecule has 8 heteroatoms. The highest BCUT2D eigenvalue weighted by Crippen LogP contribution is 2.28. The predicted octanol–water partition coefficient (Wildman–Crippen LogP) is -0.235. The molecular formula is C13H21N3O4S. The Morgan fingerprint density at radius 1 is 1.52 bits per heavy atom. The number of nitrogens with one attached hydrogen (secondary N) is 1. The number of nitrogens with two attached hydrogens (primary N) is 1. The summed E-state index contributed by atoms with van der Waals surface area (Å²) in [7, 11) is -3.52. The number of hydrogen-bond acceptors (Lipinski definition) is 6. The van der Waals surface area contributed by atoms with Crippen LogP contribution in [0.25, 0.3) is 0 Å². The van der Waals surface area contributed by atoms with Gasteiger partial charge in [0.15, 0.2) is 0 Å². The molecule has 2 rings (SSSR count). The van der Waals surface area contributed by atoms with Gasteiger partial charge in [0.05, 0.1) is 35.6 Å². The SMILES string of the molecule is CCNS(=O)(=O)c1ccc(N)c(N2CCOC(CO)C2)c1. The first-order chi connectivity index (χ1) is 9.97. The van der Waals surface area contributed by atoms with Gasteiger partial charge in [-0.3, -0.25) is 0 Å². The molecule has 1 heterocycles. The van der Waals surface area contributed by atoms with Crippen LogP contribution in [0.3, 0.4) is 0 Å². The molecule has 0 radical (unpaired) electrons. The molecule has 1 aromatic carbocycles. The second kappa shape index (κ2) is 6.61. The second-order valence-corrected chi connectivity index (χ2v) is 6.61. The van der Waals surface area contributed by atoms with Crippen molar-refractivity contribution >= 4 is 21.4 Å². The molecule has 21 heavy (non-hydrogen) atoms. The molecule has 1 aromatic rings. The van der Waals surface area contributed by atoms with E-state index < -0.39 is 10.0 Å². The summed E-state index contributed by atoms with van der Waals surface area (Å²) in [5.41, 5.74) is 7.12. The van der Waals surface area contributed by atoms with Gasteiger partial charge >= 0.3 is 0 Å². The van der Waals surface area contributed by atoms with Crippen LogP contribution >= 0.6 is 0 Å². The molecule has 1 fully saturated rings. The van der Waals surface area contributed by atoms with Gasteiger partial charge in [-0.25, -0.2) is 13.1 Å². The number of aliphatic hydroxyl groups excluding tert-OH is 1. The number of ether oxygens (including phenoxy) is 1. The van der Waals surface area contributed by atoms with Crippen LogP contribution in [0.5, 0.6) is 0 Å². The maximum absolute atomic E-state index is 12.1. The van der Waals surface area contributed by atoms with Crippen LogP contribution in [0.1, 0.15) is 6.92 Å². The van der Waals surface area contributed by atoms with Crippen molar-refractivity contribution in [3.63, 3.8) is 0 Å². The van der Waals surface area contributed by atoms with E-state index in [2.05, 4.69) is 4.72 Å². The van der Waals surface area contributed by atoms with E-state index in [1.807, 2.05) is 4.90 Å². The van der Waals surface area contributed by atoms with Crippen LogP contribution in [-0.4, -0.2) is 52.5 Å². The largest absolute Gasteiger partial charge is 0.397 e. The molecule has 1 saturated heterocycles. The molecule has 1 unspecified atom stereocenters. The number of nitrogen functional groups attached to an aromatic ring is 1. The first-order valence-corrected chi connectivity index (χ1v) is 8.33. The Hall–Kier alpha value is -1.35. The van der Waals surface area contributed by atoms with E-state index in [9.17, 15) is 13.5 Å². The highest BCUT2D eigenvalue weighted by molar-refractivity contribution is 7.89. The van der Waals surface area contributed by atoms with Crippen molar-refractivity contribution in [2.24, 2.45) is 0 Å². The van der Waals surface area contributed by atoms with Crippen LogP contribution in [0.4, 0.5) is 11.4 Å². The highest BCUT2D eigenvalue weighted by Gasteiger charge is 2.23. The lowest BCUT2D eigenvalue weighted by Crippen LogP contribution is -2.44. The van der Waals surface area contributed by atoms with Gasteiger partial charge in [0.1, 0.15) is 0 Å². The van der Waals surface area contributed by atoms with Gasteiger partial charge in [0.2, 0.25) is 10.0 Å². The van der Waals surface area contributed by atoms with Crippen molar-refractivity contribution in [2.75, 3.05) is 43.5 Å². The summed E-state index contributed by atoms with van der Waals surface area (Å²) >= 11 is 0. The molecule has 0 spiro atoms. The van der Waals surface area contributed by atoms with E-state index in [4.69, 9.17) is 10.5 Å². The number of anilines is 2. The smallest absolute Gasteiger partial charge is 0.240 e. The molecule has 7 nitrogen and oxygen atoms in total. The van der Waals surface area contributed by atoms with Gasteiger partial charge in [-0.1, -0.05) is 6.92 Å². The average molecular weight is 315 g/mol. The Kier molecular flexibility index (Phi) is 5.04. The molecule has 0 amide bonds. The predicted molar refractivity (Wildman–Crippen MR) is 80.8 cm³/mol. The van der Waals surface area contributed by atoms with Crippen LogP contribution in [0, 0.1) is 0 Å². The zero-order valence-corrected chi connectivity index (χ0v) is 12.8. The van der Waals surface area contributed by atoms with Gasteiger partial charge < -0.3 is 20.5 Å². The van der Waals surface area contributed by atoms with E-state index in [1.54, 1.807) is 19.1 Å². The minimum Gasteiger partial charge on any atom is -0.397 e. The first-order valence-electron chi connectivity index (χ1n) is 6.84. The molecule has 1 atom stereocenters. The Labute approximate surface area is 124 Å². The van der Waals surface area contributed by atoms with Crippen LogP contribution < -0.4 is 15.4 Å². The fraction of sp³-hybridized carbons (Fsp3) is 0.538. The Bertz CT molecular complexity index is 591. The van der Waals surface area contributed by atoms with E-state index >= 15 is 0 Å². The summed E-state index contributed by atoms with van der Waals surface area (Å²) in [4.78, 5) is 2.12. The third-order valence-electron chi connectivity index (χ3n) is 3.33. The fourth-order valence-electron chi connectivity index (χ4n) is 2.29. The van der Waals surface area contributed by atoms with E-state index in [0.717, 1.165) is 0 Å². The monoisotopic (exact) mass is 315 g/mol. The van der Waals surface area contributed by atoms with Crippen LogP contribution in [-0.2, 0) is 14.8 Å². The zero-order chi connectivity index (χ0) is 15.5. The lowest BCUT2D eigenvalue weighted by atomic mass is 10.2. The van der Waals surface area contributed by atoms with Gasteiger partial charge in [-0.15, -0.1) is 0 Å². The molecule has 118 valence electrons. The lowest BCUT2D eigenvalue weighted by Gasteiger charge is -2.34. The molecule has 1 aliphatic heterocycles. The van der Waals surface area contributed by atoms with E-state index in [-0.39, 0.29) is 17.6 Å². The van der Waals surface area contributed by atoms with Gasteiger partial charge in [0, 0.05) is 19.6 Å². The second-order valence-electron chi connectivity index (χ2n) is 4.84. The molecule has 4 N–H and O–H groups in total. The molecule has 0 bridgehead atoms. The molecule has 1 aliphatic rings. The summed E-state index contributed by atoms with van der Waals surface area (Å²) in [6, 6.07) is 4.64. The van der Waals surface area contributed by atoms with Gasteiger partial charge in [-0.2, -0.15) is 0 Å². The van der Waals surface area contributed by atoms with Crippen molar-refractivity contribution in [2.45, 2.75) is 17.9 Å². The average Bonchev–Trinajstić information content (AvgIpc) is 2.47. The Morgan fingerprint density at radius 3 is 2.95 bits per heavy atom. The number of morpholine rings is 1. The Morgan fingerprint density at radius 2 is 2.29 bits per heavy atom. The maximum atomic E-state index is 12.1. The molecular weight excluding hydrogens is 294 g/mol. The number of benzene rings is 1. The molecule has 0 aromatic heterocycles. The van der Waals surface area contributed by atoms with Crippen molar-refractivity contribution in [1.82, 2.24) is 4.72 Å². The number of sulfonamides is 1.